The van der Waals surface area contributed by atoms with Crippen LogP contribution in [0.5, 0.6) is 0 Å². The predicted octanol–water partition coefficient (Wildman–Crippen LogP) is 1.27. The molecule has 94 valence electrons. The third-order valence-electron chi connectivity index (χ3n) is 3.99. The molecule has 0 aliphatic carbocycles. The zero-order valence-corrected chi connectivity index (χ0v) is 10.7. The van der Waals surface area contributed by atoms with Gasteiger partial charge in [-0.15, -0.1) is 0 Å². The van der Waals surface area contributed by atoms with Crippen LogP contribution in [0.25, 0.3) is 0 Å². The summed E-state index contributed by atoms with van der Waals surface area (Å²) >= 11 is 0. The van der Waals surface area contributed by atoms with Crippen LogP contribution in [-0.2, 0) is 4.79 Å². The van der Waals surface area contributed by atoms with Crippen molar-refractivity contribution in [3.8, 4) is 0 Å². The Morgan fingerprint density at radius 2 is 1.62 bits per heavy atom. The molecule has 0 aromatic carbocycles. The van der Waals surface area contributed by atoms with Crippen molar-refractivity contribution in [2.75, 3.05) is 32.7 Å². The normalized spacial score (nSPS) is 19.9. The maximum absolute atomic E-state index is 11.5. The Morgan fingerprint density at radius 1 is 1.12 bits per heavy atom. The van der Waals surface area contributed by atoms with Crippen LogP contribution < -0.4 is 0 Å². The summed E-state index contributed by atoms with van der Waals surface area (Å²) in [4.78, 5) is 16.0. The van der Waals surface area contributed by atoms with Crippen molar-refractivity contribution in [3.05, 3.63) is 0 Å². The van der Waals surface area contributed by atoms with Crippen LogP contribution >= 0.6 is 0 Å². The van der Waals surface area contributed by atoms with Gasteiger partial charge in [0.1, 0.15) is 5.54 Å². The summed E-state index contributed by atoms with van der Waals surface area (Å²) in [7, 11) is 0. The maximum atomic E-state index is 11.5. The summed E-state index contributed by atoms with van der Waals surface area (Å²) in [6.07, 6.45) is 1.37. The Hall–Kier alpha value is -0.610. The van der Waals surface area contributed by atoms with Gasteiger partial charge in [0, 0.05) is 26.2 Å². The molecule has 0 aromatic rings. The molecule has 1 aliphatic heterocycles. The Morgan fingerprint density at radius 3 is 1.94 bits per heavy atom. The molecular weight excluding hydrogens is 204 g/mol. The largest absolute Gasteiger partial charge is 0.480 e. The fourth-order valence-electron chi connectivity index (χ4n) is 2.63. The highest BCUT2D eigenvalue weighted by atomic mass is 16.4. The molecule has 0 aromatic heterocycles. The molecule has 4 heteroatoms. The molecule has 1 heterocycles. The smallest absolute Gasteiger partial charge is 0.324 e. The lowest BCUT2D eigenvalue weighted by Crippen LogP contribution is -2.60. The topological polar surface area (TPSA) is 43.8 Å². The molecule has 4 nitrogen and oxygen atoms in total. The minimum absolute atomic E-state index is 0.639. The van der Waals surface area contributed by atoms with E-state index in [0.717, 1.165) is 32.7 Å². The molecule has 0 unspecified atom stereocenters. The zero-order valence-electron chi connectivity index (χ0n) is 10.7. The zero-order chi connectivity index (χ0) is 12.2. The van der Waals surface area contributed by atoms with E-state index in [0.29, 0.717) is 12.8 Å². The molecule has 0 amide bonds. The molecule has 1 fully saturated rings. The van der Waals surface area contributed by atoms with Crippen molar-refractivity contribution in [2.45, 2.75) is 39.2 Å². The molecule has 1 aliphatic rings. The summed E-state index contributed by atoms with van der Waals surface area (Å²) in [6.45, 7) is 10.9. The van der Waals surface area contributed by atoms with Gasteiger partial charge in [0.2, 0.25) is 0 Å². The SMILES string of the molecule is CCN1CCN(C(CC)(CC)C(=O)O)CC1. The monoisotopic (exact) mass is 228 g/mol. The summed E-state index contributed by atoms with van der Waals surface area (Å²) in [5.41, 5.74) is -0.639. The first-order valence-electron chi connectivity index (χ1n) is 6.31. The summed E-state index contributed by atoms with van der Waals surface area (Å²) < 4.78 is 0. The van der Waals surface area contributed by atoms with Crippen molar-refractivity contribution in [1.82, 2.24) is 9.80 Å². The van der Waals surface area contributed by atoms with E-state index < -0.39 is 11.5 Å². The number of likely N-dealkylation sites (N-methyl/N-ethyl adjacent to an activating group) is 1. The Balaban J connectivity index is 2.71. The highest BCUT2D eigenvalue weighted by Gasteiger charge is 2.41. The van der Waals surface area contributed by atoms with Gasteiger partial charge in [-0.25, -0.2) is 0 Å². The fraction of sp³-hybridized carbons (Fsp3) is 0.917. The second-order valence-electron chi connectivity index (χ2n) is 4.47. The van der Waals surface area contributed by atoms with Gasteiger partial charge in [-0.3, -0.25) is 9.69 Å². The van der Waals surface area contributed by atoms with Crippen LogP contribution in [0.3, 0.4) is 0 Å². The third-order valence-corrected chi connectivity index (χ3v) is 3.99. The van der Waals surface area contributed by atoms with Gasteiger partial charge < -0.3 is 10.0 Å². The Bertz CT molecular complexity index is 231. The van der Waals surface area contributed by atoms with Crippen LogP contribution in [0, 0.1) is 0 Å². The van der Waals surface area contributed by atoms with Crippen molar-refractivity contribution in [3.63, 3.8) is 0 Å². The number of hydrogen-bond donors (Lipinski definition) is 1. The number of piperazine rings is 1. The summed E-state index contributed by atoms with van der Waals surface area (Å²) in [5.74, 6) is -0.664. The average Bonchev–Trinajstić information content (AvgIpc) is 2.32. The molecular formula is C12H24N2O2. The first-order chi connectivity index (χ1) is 7.60. The van der Waals surface area contributed by atoms with Crippen LogP contribution in [-0.4, -0.2) is 59.1 Å². The van der Waals surface area contributed by atoms with E-state index in [9.17, 15) is 9.90 Å². The second-order valence-corrected chi connectivity index (χ2v) is 4.47. The average molecular weight is 228 g/mol. The molecule has 1 N–H and O–H groups in total. The van der Waals surface area contributed by atoms with Crippen LogP contribution in [0.1, 0.15) is 33.6 Å². The van der Waals surface area contributed by atoms with E-state index in [4.69, 9.17) is 0 Å². The van der Waals surface area contributed by atoms with Gasteiger partial charge in [0.05, 0.1) is 0 Å². The van der Waals surface area contributed by atoms with Crippen molar-refractivity contribution in [1.29, 1.82) is 0 Å². The predicted molar refractivity (Wildman–Crippen MR) is 64.6 cm³/mol. The standard InChI is InChI=1S/C12H24N2O2/c1-4-12(5-2,11(15)16)14-9-7-13(6-3)8-10-14/h4-10H2,1-3H3,(H,15,16). The van der Waals surface area contributed by atoms with Gasteiger partial charge in [-0.05, 0) is 19.4 Å². The molecule has 0 radical (unpaired) electrons. The van der Waals surface area contributed by atoms with Crippen LogP contribution in [0.4, 0.5) is 0 Å². The molecule has 1 saturated heterocycles. The van der Waals surface area contributed by atoms with Gasteiger partial charge in [0.25, 0.3) is 0 Å². The van der Waals surface area contributed by atoms with E-state index in [1.54, 1.807) is 0 Å². The number of carboxylic acid groups (broad SMARTS) is 1. The summed E-state index contributed by atoms with van der Waals surface area (Å²) in [6, 6.07) is 0. The highest BCUT2D eigenvalue weighted by Crippen LogP contribution is 2.25. The summed E-state index contributed by atoms with van der Waals surface area (Å²) in [5, 5.41) is 9.44. The van der Waals surface area contributed by atoms with Gasteiger partial charge in [-0.1, -0.05) is 20.8 Å². The number of hydrogen-bond acceptors (Lipinski definition) is 3. The van der Waals surface area contributed by atoms with E-state index in [1.165, 1.54) is 0 Å². The molecule has 0 spiro atoms. The lowest BCUT2D eigenvalue weighted by Gasteiger charge is -2.44. The van der Waals surface area contributed by atoms with Crippen molar-refractivity contribution in [2.24, 2.45) is 0 Å². The molecule has 0 atom stereocenters. The quantitative estimate of drug-likeness (QED) is 0.769. The van der Waals surface area contributed by atoms with Gasteiger partial charge >= 0.3 is 5.97 Å². The molecule has 0 saturated carbocycles. The molecule has 16 heavy (non-hydrogen) atoms. The lowest BCUT2D eigenvalue weighted by molar-refractivity contribution is -0.154. The van der Waals surface area contributed by atoms with Crippen molar-refractivity contribution < 1.29 is 9.90 Å². The van der Waals surface area contributed by atoms with Crippen LogP contribution in [0.2, 0.25) is 0 Å². The highest BCUT2D eigenvalue weighted by molar-refractivity contribution is 5.78. The van der Waals surface area contributed by atoms with Crippen molar-refractivity contribution >= 4 is 5.97 Å². The minimum atomic E-state index is -0.664. The van der Waals surface area contributed by atoms with E-state index in [1.807, 2.05) is 13.8 Å². The Labute approximate surface area is 98.2 Å². The Kier molecular flexibility index (Phi) is 4.74. The molecule has 0 bridgehead atoms. The first-order valence-corrected chi connectivity index (χ1v) is 6.31. The minimum Gasteiger partial charge on any atom is -0.480 e. The fourth-order valence-corrected chi connectivity index (χ4v) is 2.63. The van der Waals surface area contributed by atoms with E-state index in [-0.39, 0.29) is 0 Å². The number of rotatable bonds is 5. The third kappa shape index (κ3) is 2.38. The lowest BCUT2D eigenvalue weighted by atomic mass is 9.90. The molecule has 1 rings (SSSR count). The van der Waals surface area contributed by atoms with E-state index in [2.05, 4.69) is 16.7 Å². The second kappa shape index (κ2) is 5.64. The number of aliphatic carboxylic acids is 1. The first kappa shape index (κ1) is 13.5. The number of carbonyl (C=O) groups is 1. The maximum Gasteiger partial charge on any atom is 0.324 e. The van der Waals surface area contributed by atoms with E-state index >= 15 is 0 Å². The van der Waals surface area contributed by atoms with Gasteiger partial charge in [-0.2, -0.15) is 0 Å². The van der Waals surface area contributed by atoms with Gasteiger partial charge in [0.15, 0.2) is 0 Å². The number of carboxylic acids is 1. The van der Waals surface area contributed by atoms with Crippen LogP contribution in [0.15, 0.2) is 0 Å². The number of nitrogens with zero attached hydrogens (tertiary/aromatic N) is 2.